The van der Waals surface area contributed by atoms with Crippen LogP contribution in [0.3, 0.4) is 0 Å². The molecule has 0 bridgehead atoms. The number of anilines is 2. The van der Waals surface area contributed by atoms with Crippen molar-refractivity contribution in [3.63, 3.8) is 0 Å². The van der Waals surface area contributed by atoms with Crippen molar-refractivity contribution in [1.82, 2.24) is 0 Å². The molecule has 0 aromatic heterocycles. The third kappa shape index (κ3) is 0.669. The number of nitrogens with zero attached hydrogens (tertiary/aromatic N) is 1. The number of benzene rings is 1. The third-order valence-corrected chi connectivity index (χ3v) is 1.70. The fourth-order valence-corrected chi connectivity index (χ4v) is 1.14. The van der Waals surface area contributed by atoms with Crippen molar-refractivity contribution in [2.24, 2.45) is 0 Å². The predicted octanol–water partition coefficient (Wildman–Crippen LogP) is 1.08. The second-order valence-electron chi connectivity index (χ2n) is 2.40. The van der Waals surface area contributed by atoms with Crippen LogP contribution in [0.4, 0.5) is 11.4 Å². The zero-order valence-corrected chi connectivity index (χ0v) is 5.83. The van der Waals surface area contributed by atoms with Gasteiger partial charge in [-0.05, 0) is 19.2 Å². The second-order valence-corrected chi connectivity index (χ2v) is 2.40. The summed E-state index contributed by atoms with van der Waals surface area (Å²) in [6.07, 6.45) is 0. The van der Waals surface area contributed by atoms with Crippen LogP contribution in [0.2, 0.25) is 0 Å². The summed E-state index contributed by atoms with van der Waals surface area (Å²) < 4.78 is 0. The Kier molecular flexibility index (Phi) is 1.10. The van der Waals surface area contributed by atoms with Gasteiger partial charge in [0.05, 0.1) is 0 Å². The van der Waals surface area contributed by atoms with Crippen molar-refractivity contribution >= 4 is 18.9 Å². The van der Waals surface area contributed by atoms with Crippen LogP contribution in [0.5, 0.6) is 0 Å². The van der Waals surface area contributed by atoms with Gasteiger partial charge in [0, 0.05) is 11.4 Å². The Morgan fingerprint density at radius 3 is 3.00 bits per heavy atom. The van der Waals surface area contributed by atoms with E-state index in [1.807, 2.05) is 26.7 Å². The van der Waals surface area contributed by atoms with E-state index in [1.54, 1.807) is 0 Å². The van der Waals surface area contributed by atoms with Crippen LogP contribution in [0, 0.1) is 0 Å². The molecule has 2 rings (SSSR count). The van der Waals surface area contributed by atoms with Gasteiger partial charge in [-0.25, -0.2) is 0 Å². The van der Waals surface area contributed by atoms with Gasteiger partial charge in [-0.15, -0.1) is 0 Å². The Morgan fingerprint density at radius 1 is 1.40 bits per heavy atom. The summed E-state index contributed by atoms with van der Waals surface area (Å²) in [5.41, 5.74) is 2.42. The number of rotatable bonds is 0. The first-order chi connectivity index (χ1) is 4.88. The monoisotopic (exact) mass is 131 g/mol. The van der Waals surface area contributed by atoms with Crippen LogP contribution < -0.4 is 10.0 Å². The molecule has 1 aromatic carbocycles. The summed E-state index contributed by atoms with van der Waals surface area (Å²) in [5, 5.41) is 3.15. The lowest BCUT2D eigenvalue weighted by molar-refractivity contribution is 1.36. The first kappa shape index (κ1) is 5.65. The van der Waals surface area contributed by atoms with Crippen LogP contribution >= 0.6 is 0 Å². The molecule has 1 aromatic rings. The molecule has 1 N–H and O–H groups in total. The van der Waals surface area contributed by atoms with Crippen molar-refractivity contribution in [3.05, 3.63) is 24.3 Å². The van der Waals surface area contributed by atoms with Gasteiger partial charge in [-0.3, -0.25) is 0 Å². The molecule has 0 amide bonds. The lowest BCUT2D eigenvalue weighted by atomic mass is 10.2. The van der Waals surface area contributed by atoms with Gasteiger partial charge in [-0.1, -0.05) is 12.1 Å². The highest BCUT2D eigenvalue weighted by Crippen LogP contribution is 2.27. The molecule has 10 heavy (non-hydrogen) atoms. The second kappa shape index (κ2) is 1.94. The molecule has 0 atom stereocenters. The maximum absolute atomic E-state index is 3.15. The van der Waals surface area contributed by atoms with Crippen molar-refractivity contribution in [2.45, 2.75) is 0 Å². The van der Waals surface area contributed by atoms with E-state index in [-0.39, 0.29) is 0 Å². The summed E-state index contributed by atoms with van der Waals surface area (Å²) in [6, 6.07) is 8.22. The largest absolute Gasteiger partial charge is 0.411 e. The third-order valence-electron chi connectivity index (χ3n) is 1.70. The van der Waals surface area contributed by atoms with Crippen molar-refractivity contribution in [3.8, 4) is 0 Å². The minimum atomic E-state index is 1.19. The van der Waals surface area contributed by atoms with Gasteiger partial charge in [0.1, 0.15) is 0 Å². The van der Waals surface area contributed by atoms with Gasteiger partial charge in [0.25, 0.3) is 0 Å². The number of para-hydroxylation sites is 2. The lowest BCUT2D eigenvalue weighted by Crippen LogP contribution is -2.20. The number of nitrogens with one attached hydrogen (secondary N) is 1. The van der Waals surface area contributed by atoms with E-state index in [1.165, 1.54) is 11.4 Å². The lowest BCUT2D eigenvalue weighted by Gasteiger charge is -2.07. The highest BCUT2D eigenvalue weighted by Gasteiger charge is 2.14. The van der Waals surface area contributed by atoms with E-state index in [9.17, 15) is 0 Å². The predicted molar refractivity (Wildman–Crippen MR) is 44.2 cm³/mol. The zero-order chi connectivity index (χ0) is 6.97. The van der Waals surface area contributed by atoms with Gasteiger partial charge in [0.2, 0.25) is 0 Å². The minimum absolute atomic E-state index is 1.19. The molecule has 2 nitrogen and oxygen atoms in total. The fraction of sp³-hybridized carbons (Fsp3) is 0.143. The molecule has 0 aliphatic carbocycles. The van der Waals surface area contributed by atoms with Gasteiger partial charge < -0.3 is 10.0 Å². The summed E-state index contributed by atoms with van der Waals surface area (Å²) in [7, 11) is 3.98. The summed E-state index contributed by atoms with van der Waals surface area (Å²) in [5.74, 6) is 0. The first-order valence-corrected chi connectivity index (χ1v) is 3.30. The fourth-order valence-electron chi connectivity index (χ4n) is 1.14. The summed E-state index contributed by atoms with van der Waals surface area (Å²) in [6.45, 7) is 0. The van der Waals surface area contributed by atoms with Crippen LogP contribution in [0.25, 0.3) is 0 Å². The zero-order valence-electron chi connectivity index (χ0n) is 5.83. The Labute approximate surface area is 61.1 Å². The normalized spacial score (nSPS) is 13.9. The summed E-state index contributed by atoms with van der Waals surface area (Å²) in [4.78, 5) is 2.06. The van der Waals surface area contributed by atoms with E-state index in [0.29, 0.717) is 0 Å². The Hall–Kier alpha value is -1.12. The minimum Gasteiger partial charge on any atom is -0.411 e. The van der Waals surface area contributed by atoms with E-state index < -0.39 is 0 Å². The maximum Gasteiger partial charge on any atom is 0.388 e. The molecule has 1 aliphatic heterocycles. The standard InChI is InChI=1S/C7H8BN2/c1-10-7-5-3-2-4-6(7)9-8-10/h2-5,9H,1H3. The van der Waals surface area contributed by atoms with Crippen molar-refractivity contribution in [2.75, 3.05) is 17.1 Å². The molecule has 3 heteroatoms. The smallest absolute Gasteiger partial charge is 0.388 e. The van der Waals surface area contributed by atoms with E-state index in [4.69, 9.17) is 0 Å². The number of hydrogen-bond acceptors (Lipinski definition) is 2. The number of fused-ring (bicyclic) bond motifs is 1. The molecule has 1 heterocycles. The highest BCUT2D eigenvalue weighted by molar-refractivity contribution is 6.49. The molecule has 0 unspecified atom stereocenters. The van der Waals surface area contributed by atoms with Crippen molar-refractivity contribution in [1.29, 1.82) is 0 Å². The molecular formula is C7H8BN2. The molecule has 0 saturated heterocycles. The van der Waals surface area contributed by atoms with E-state index in [0.717, 1.165) is 0 Å². The average Bonchev–Trinajstić information content (AvgIpc) is 2.34. The van der Waals surface area contributed by atoms with Gasteiger partial charge in [-0.2, -0.15) is 0 Å². The summed E-state index contributed by atoms with van der Waals surface area (Å²) >= 11 is 0. The van der Waals surface area contributed by atoms with Gasteiger partial charge in [0.15, 0.2) is 0 Å². The maximum atomic E-state index is 3.15. The van der Waals surface area contributed by atoms with Crippen molar-refractivity contribution < 1.29 is 0 Å². The molecule has 0 spiro atoms. The molecule has 1 radical (unpaired) electrons. The number of hydrogen-bond donors (Lipinski definition) is 1. The van der Waals surface area contributed by atoms with Gasteiger partial charge >= 0.3 is 7.55 Å². The van der Waals surface area contributed by atoms with E-state index in [2.05, 4.69) is 22.2 Å². The Bertz CT molecular complexity index is 249. The molecule has 0 fully saturated rings. The quantitative estimate of drug-likeness (QED) is 0.530. The molecular weight excluding hydrogens is 123 g/mol. The molecule has 1 aliphatic rings. The Balaban J connectivity index is 2.51. The highest BCUT2D eigenvalue weighted by atomic mass is 15.1. The van der Waals surface area contributed by atoms with Crippen LogP contribution in [0.1, 0.15) is 0 Å². The van der Waals surface area contributed by atoms with Crippen LogP contribution in [-0.2, 0) is 0 Å². The first-order valence-electron chi connectivity index (χ1n) is 3.30. The van der Waals surface area contributed by atoms with Crippen LogP contribution in [-0.4, -0.2) is 14.6 Å². The Morgan fingerprint density at radius 2 is 2.20 bits per heavy atom. The van der Waals surface area contributed by atoms with Crippen LogP contribution in [0.15, 0.2) is 24.3 Å². The molecule has 0 saturated carbocycles. The molecule has 49 valence electrons. The van der Waals surface area contributed by atoms with E-state index >= 15 is 0 Å². The average molecular weight is 131 g/mol. The SMILES string of the molecule is CN1[B]Nc2ccccc21. The topological polar surface area (TPSA) is 15.3 Å².